The van der Waals surface area contributed by atoms with Crippen molar-refractivity contribution in [1.29, 1.82) is 0 Å². The number of carbonyl (C=O) groups is 2. The maximum absolute atomic E-state index is 12.3. The first-order chi connectivity index (χ1) is 11.1. The van der Waals surface area contributed by atoms with E-state index in [1.165, 1.54) is 11.3 Å². The molecule has 1 aromatic carbocycles. The number of likely N-dealkylation sites (N-methyl/N-ethyl adjacent to an activating group) is 1. The predicted octanol–water partition coefficient (Wildman–Crippen LogP) is 3.06. The Bertz CT molecular complexity index is 692. The SMILES string of the molecule is CCOC(=O)c1c(-c2ccc(C)cc2)csc1NC(=O)CNC. The maximum atomic E-state index is 12.3. The van der Waals surface area contributed by atoms with Crippen LogP contribution in [0.15, 0.2) is 29.6 Å². The van der Waals surface area contributed by atoms with E-state index < -0.39 is 5.97 Å². The molecule has 0 radical (unpaired) electrons. The molecular formula is C17H20N2O3S. The van der Waals surface area contributed by atoms with E-state index in [9.17, 15) is 9.59 Å². The summed E-state index contributed by atoms with van der Waals surface area (Å²) in [6, 6.07) is 7.89. The molecule has 2 aromatic rings. The first kappa shape index (κ1) is 17.2. The Hall–Kier alpha value is -2.18. The molecular weight excluding hydrogens is 312 g/mol. The van der Waals surface area contributed by atoms with E-state index in [-0.39, 0.29) is 19.1 Å². The third kappa shape index (κ3) is 4.18. The Labute approximate surface area is 139 Å². The summed E-state index contributed by atoms with van der Waals surface area (Å²) in [5.41, 5.74) is 3.24. The van der Waals surface area contributed by atoms with Gasteiger partial charge in [0.2, 0.25) is 5.91 Å². The van der Waals surface area contributed by atoms with Crippen LogP contribution in [0.1, 0.15) is 22.8 Å². The number of amides is 1. The lowest BCUT2D eigenvalue weighted by atomic mass is 10.0. The van der Waals surface area contributed by atoms with Crippen LogP contribution in [0.4, 0.5) is 5.00 Å². The second-order valence-electron chi connectivity index (χ2n) is 5.02. The molecule has 0 saturated carbocycles. The summed E-state index contributed by atoms with van der Waals surface area (Å²) < 4.78 is 5.16. The van der Waals surface area contributed by atoms with Crippen LogP contribution >= 0.6 is 11.3 Å². The predicted molar refractivity (Wildman–Crippen MR) is 93.0 cm³/mol. The van der Waals surface area contributed by atoms with Crippen molar-refractivity contribution >= 4 is 28.2 Å². The fourth-order valence-corrected chi connectivity index (χ4v) is 3.11. The Balaban J connectivity index is 2.42. The number of rotatable bonds is 6. The van der Waals surface area contributed by atoms with Crippen LogP contribution in [-0.2, 0) is 9.53 Å². The van der Waals surface area contributed by atoms with Crippen molar-refractivity contribution in [2.24, 2.45) is 0 Å². The molecule has 23 heavy (non-hydrogen) atoms. The van der Waals surface area contributed by atoms with E-state index in [1.807, 2.05) is 36.6 Å². The molecule has 0 fully saturated rings. The molecule has 1 amide bonds. The zero-order chi connectivity index (χ0) is 16.8. The van der Waals surface area contributed by atoms with Crippen LogP contribution in [-0.4, -0.2) is 32.1 Å². The molecule has 2 rings (SSSR count). The molecule has 1 heterocycles. The van der Waals surface area contributed by atoms with Crippen molar-refractivity contribution in [1.82, 2.24) is 5.32 Å². The Morgan fingerprint density at radius 2 is 1.91 bits per heavy atom. The van der Waals surface area contributed by atoms with Crippen LogP contribution < -0.4 is 10.6 Å². The lowest BCUT2D eigenvalue weighted by molar-refractivity contribution is -0.115. The van der Waals surface area contributed by atoms with Gasteiger partial charge in [0.25, 0.3) is 0 Å². The highest BCUT2D eigenvalue weighted by molar-refractivity contribution is 7.15. The monoisotopic (exact) mass is 332 g/mol. The highest BCUT2D eigenvalue weighted by Crippen LogP contribution is 2.36. The Morgan fingerprint density at radius 1 is 1.22 bits per heavy atom. The van der Waals surface area contributed by atoms with Gasteiger partial charge in [-0.05, 0) is 26.5 Å². The Morgan fingerprint density at radius 3 is 2.52 bits per heavy atom. The molecule has 1 aromatic heterocycles. The molecule has 0 saturated heterocycles. The number of aryl methyl sites for hydroxylation is 1. The number of esters is 1. The molecule has 0 unspecified atom stereocenters. The average molecular weight is 332 g/mol. The molecule has 0 aliphatic rings. The fourth-order valence-electron chi connectivity index (χ4n) is 2.13. The molecule has 0 aliphatic carbocycles. The van der Waals surface area contributed by atoms with Crippen LogP contribution in [0, 0.1) is 6.92 Å². The number of nitrogens with one attached hydrogen (secondary N) is 2. The molecule has 2 N–H and O–H groups in total. The summed E-state index contributed by atoms with van der Waals surface area (Å²) in [6.45, 7) is 4.23. The highest BCUT2D eigenvalue weighted by atomic mass is 32.1. The number of benzene rings is 1. The second kappa shape index (κ2) is 7.89. The van der Waals surface area contributed by atoms with Gasteiger partial charge in [0, 0.05) is 10.9 Å². The van der Waals surface area contributed by atoms with Gasteiger partial charge in [-0.3, -0.25) is 4.79 Å². The van der Waals surface area contributed by atoms with Gasteiger partial charge in [-0.15, -0.1) is 11.3 Å². The van der Waals surface area contributed by atoms with Gasteiger partial charge < -0.3 is 15.4 Å². The quantitative estimate of drug-likeness (QED) is 0.798. The van der Waals surface area contributed by atoms with Crippen molar-refractivity contribution in [2.75, 3.05) is 25.5 Å². The lowest BCUT2D eigenvalue weighted by Gasteiger charge is -2.09. The third-order valence-electron chi connectivity index (χ3n) is 3.22. The lowest BCUT2D eigenvalue weighted by Crippen LogP contribution is -2.25. The summed E-state index contributed by atoms with van der Waals surface area (Å²) in [6.07, 6.45) is 0. The summed E-state index contributed by atoms with van der Waals surface area (Å²) in [5, 5.41) is 7.93. The van der Waals surface area contributed by atoms with Gasteiger partial charge in [-0.25, -0.2) is 4.79 Å². The minimum atomic E-state index is -0.427. The van der Waals surface area contributed by atoms with Crippen molar-refractivity contribution in [2.45, 2.75) is 13.8 Å². The fraction of sp³-hybridized carbons (Fsp3) is 0.294. The molecule has 122 valence electrons. The van der Waals surface area contributed by atoms with Crippen molar-refractivity contribution in [3.8, 4) is 11.1 Å². The van der Waals surface area contributed by atoms with E-state index in [4.69, 9.17) is 4.74 Å². The molecule has 0 bridgehead atoms. The minimum Gasteiger partial charge on any atom is -0.462 e. The van der Waals surface area contributed by atoms with Crippen molar-refractivity contribution in [3.63, 3.8) is 0 Å². The zero-order valence-corrected chi connectivity index (χ0v) is 14.3. The summed E-state index contributed by atoms with van der Waals surface area (Å²) in [5.74, 6) is -0.626. The van der Waals surface area contributed by atoms with Crippen LogP contribution in [0.3, 0.4) is 0 Å². The van der Waals surface area contributed by atoms with E-state index in [2.05, 4.69) is 10.6 Å². The smallest absolute Gasteiger partial charge is 0.341 e. The summed E-state index contributed by atoms with van der Waals surface area (Å²) >= 11 is 1.32. The van der Waals surface area contributed by atoms with Crippen molar-refractivity contribution < 1.29 is 14.3 Å². The topological polar surface area (TPSA) is 67.4 Å². The molecule has 0 spiro atoms. The first-order valence-corrected chi connectivity index (χ1v) is 8.24. The summed E-state index contributed by atoms with van der Waals surface area (Å²) in [7, 11) is 1.69. The van der Waals surface area contributed by atoms with Gasteiger partial charge in [-0.2, -0.15) is 0 Å². The number of hydrogen-bond donors (Lipinski definition) is 2. The number of hydrogen-bond acceptors (Lipinski definition) is 5. The van der Waals surface area contributed by atoms with Gasteiger partial charge >= 0.3 is 5.97 Å². The average Bonchev–Trinajstić information content (AvgIpc) is 2.92. The number of carbonyl (C=O) groups excluding carboxylic acids is 2. The number of ether oxygens (including phenoxy) is 1. The van der Waals surface area contributed by atoms with Crippen molar-refractivity contribution in [3.05, 3.63) is 40.8 Å². The van der Waals surface area contributed by atoms with Crippen LogP contribution in [0.25, 0.3) is 11.1 Å². The standard InChI is InChI=1S/C17H20N2O3S/c1-4-22-17(21)15-13(12-7-5-11(2)6-8-12)10-23-16(15)19-14(20)9-18-3/h5-8,10,18H,4,9H2,1-3H3,(H,19,20). The van der Waals surface area contributed by atoms with Gasteiger partial charge in [0.1, 0.15) is 10.6 Å². The minimum absolute atomic E-state index is 0.181. The van der Waals surface area contributed by atoms with E-state index in [1.54, 1.807) is 14.0 Å². The number of anilines is 1. The van der Waals surface area contributed by atoms with Gasteiger partial charge in [0.15, 0.2) is 0 Å². The molecule has 0 aliphatic heterocycles. The largest absolute Gasteiger partial charge is 0.462 e. The maximum Gasteiger partial charge on any atom is 0.341 e. The highest BCUT2D eigenvalue weighted by Gasteiger charge is 2.22. The van der Waals surface area contributed by atoms with Crippen LogP contribution in [0.5, 0.6) is 0 Å². The van der Waals surface area contributed by atoms with E-state index >= 15 is 0 Å². The van der Waals surface area contributed by atoms with Gasteiger partial charge in [0.05, 0.1) is 13.2 Å². The summed E-state index contributed by atoms with van der Waals surface area (Å²) in [4.78, 5) is 24.2. The zero-order valence-electron chi connectivity index (χ0n) is 13.4. The van der Waals surface area contributed by atoms with E-state index in [0.29, 0.717) is 10.6 Å². The molecule has 0 atom stereocenters. The normalized spacial score (nSPS) is 10.4. The second-order valence-corrected chi connectivity index (χ2v) is 5.90. The Kier molecular flexibility index (Phi) is 5.90. The molecule has 6 heteroatoms. The number of thiophene rings is 1. The first-order valence-electron chi connectivity index (χ1n) is 7.37. The van der Waals surface area contributed by atoms with Gasteiger partial charge in [-0.1, -0.05) is 29.8 Å². The third-order valence-corrected chi connectivity index (χ3v) is 4.12. The van der Waals surface area contributed by atoms with E-state index in [0.717, 1.165) is 16.7 Å². The van der Waals surface area contributed by atoms with Crippen LogP contribution in [0.2, 0.25) is 0 Å². The molecule has 5 nitrogen and oxygen atoms in total.